The van der Waals surface area contributed by atoms with E-state index in [9.17, 15) is 14.4 Å². The Morgan fingerprint density at radius 1 is 1.37 bits per heavy atom. The zero-order valence-corrected chi connectivity index (χ0v) is 10.7. The number of carbonyl (C=O) groups is 3. The van der Waals surface area contributed by atoms with Gasteiger partial charge in [-0.05, 0) is 25.3 Å². The molecule has 0 unspecified atom stereocenters. The van der Waals surface area contributed by atoms with Gasteiger partial charge in [0.2, 0.25) is 0 Å². The van der Waals surface area contributed by atoms with Crippen LogP contribution in [0.2, 0.25) is 0 Å². The molecule has 2 rings (SSSR count). The Morgan fingerprint density at radius 2 is 2.11 bits per heavy atom. The number of carboxylic acids is 1. The van der Waals surface area contributed by atoms with Crippen LogP contribution in [0.25, 0.3) is 0 Å². The molecule has 1 aromatic rings. The average Bonchev–Trinajstić information content (AvgIpc) is 2.67. The van der Waals surface area contributed by atoms with Crippen molar-refractivity contribution in [3.8, 4) is 0 Å². The molecule has 1 aromatic heterocycles. The number of rotatable bonds is 4. The largest absolute Gasteiger partial charge is 0.481 e. The predicted octanol–water partition coefficient (Wildman–Crippen LogP) is 1.05. The number of nitrogens with one attached hydrogen (secondary N) is 2. The molecule has 1 amide bonds. The van der Waals surface area contributed by atoms with E-state index in [1.165, 1.54) is 0 Å². The lowest BCUT2D eigenvalue weighted by molar-refractivity contribution is -0.136. The SMILES string of the molecule is Cc1c(C(=O)NCCC(=O)O)[nH]c2c1C(=O)CCC2. The van der Waals surface area contributed by atoms with Crippen LogP contribution in [0.4, 0.5) is 0 Å². The minimum atomic E-state index is -0.960. The molecule has 1 aliphatic rings. The molecule has 1 aliphatic carbocycles. The summed E-state index contributed by atoms with van der Waals surface area (Å²) in [5.74, 6) is -1.25. The smallest absolute Gasteiger partial charge is 0.305 e. The van der Waals surface area contributed by atoms with Crippen molar-refractivity contribution in [1.82, 2.24) is 10.3 Å². The number of hydrogen-bond acceptors (Lipinski definition) is 3. The summed E-state index contributed by atoms with van der Waals surface area (Å²) in [5, 5.41) is 11.0. The number of Topliss-reactive ketones (excluding diaryl/α,β-unsaturated/α-hetero) is 1. The second-order valence-corrected chi connectivity index (χ2v) is 4.65. The van der Waals surface area contributed by atoms with Crippen LogP contribution in [0.5, 0.6) is 0 Å². The van der Waals surface area contributed by atoms with E-state index in [0.29, 0.717) is 23.2 Å². The van der Waals surface area contributed by atoms with Gasteiger partial charge >= 0.3 is 5.97 Å². The molecular formula is C13H16N2O4. The van der Waals surface area contributed by atoms with Gasteiger partial charge in [-0.3, -0.25) is 14.4 Å². The van der Waals surface area contributed by atoms with E-state index < -0.39 is 5.97 Å². The number of aliphatic carboxylic acids is 1. The van der Waals surface area contributed by atoms with Crippen LogP contribution in [0, 0.1) is 6.92 Å². The standard InChI is InChI=1S/C13H16N2O4/c1-7-11-8(3-2-4-9(11)16)15-12(7)13(19)14-6-5-10(17)18/h15H,2-6H2,1H3,(H,14,19)(H,17,18). The normalized spacial score (nSPS) is 14.1. The molecule has 0 bridgehead atoms. The summed E-state index contributed by atoms with van der Waals surface area (Å²) < 4.78 is 0. The monoisotopic (exact) mass is 264 g/mol. The van der Waals surface area contributed by atoms with E-state index in [0.717, 1.165) is 18.5 Å². The number of ketones is 1. The molecule has 6 nitrogen and oxygen atoms in total. The van der Waals surface area contributed by atoms with E-state index in [1.54, 1.807) is 6.92 Å². The third-order valence-electron chi connectivity index (χ3n) is 3.29. The first-order chi connectivity index (χ1) is 9.00. The van der Waals surface area contributed by atoms with E-state index in [2.05, 4.69) is 10.3 Å². The van der Waals surface area contributed by atoms with Crippen molar-refractivity contribution in [2.45, 2.75) is 32.6 Å². The first kappa shape index (κ1) is 13.3. The Hall–Kier alpha value is -2.11. The molecule has 0 radical (unpaired) electrons. The zero-order valence-electron chi connectivity index (χ0n) is 10.7. The fourth-order valence-electron chi connectivity index (χ4n) is 2.37. The summed E-state index contributed by atoms with van der Waals surface area (Å²) in [6.07, 6.45) is 1.96. The quantitative estimate of drug-likeness (QED) is 0.756. The maximum absolute atomic E-state index is 11.9. The van der Waals surface area contributed by atoms with Crippen molar-refractivity contribution in [3.63, 3.8) is 0 Å². The maximum atomic E-state index is 11.9. The van der Waals surface area contributed by atoms with Crippen molar-refractivity contribution in [3.05, 3.63) is 22.5 Å². The van der Waals surface area contributed by atoms with Gasteiger partial charge in [-0.15, -0.1) is 0 Å². The Morgan fingerprint density at radius 3 is 2.74 bits per heavy atom. The number of carboxylic acid groups (broad SMARTS) is 1. The summed E-state index contributed by atoms with van der Waals surface area (Å²) in [7, 11) is 0. The molecule has 0 atom stereocenters. The Labute approximate surface area is 110 Å². The summed E-state index contributed by atoms with van der Waals surface area (Å²) >= 11 is 0. The lowest BCUT2D eigenvalue weighted by Crippen LogP contribution is -2.26. The van der Waals surface area contributed by atoms with Crippen LogP contribution in [-0.2, 0) is 11.2 Å². The van der Waals surface area contributed by atoms with Crippen molar-refractivity contribution < 1.29 is 19.5 Å². The van der Waals surface area contributed by atoms with Crippen LogP contribution in [0.1, 0.15) is 51.4 Å². The fourth-order valence-corrected chi connectivity index (χ4v) is 2.37. The zero-order chi connectivity index (χ0) is 14.0. The molecule has 1 heterocycles. The summed E-state index contributed by atoms with van der Waals surface area (Å²) in [6, 6.07) is 0. The minimum absolute atomic E-state index is 0.0691. The van der Waals surface area contributed by atoms with E-state index in [4.69, 9.17) is 5.11 Å². The lowest BCUT2D eigenvalue weighted by atomic mass is 9.94. The third-order valence-corrected chi connectivity index (χ3v) is 3.29. The van der Waals surface area contributed by atoms with Gasteiger partial charge in [-0.1, -0.05) is 0 Å². The highest BCUT2D eigenvalue weighted by Crippen LogP contribution is 2.26. The Kier molecular flexibility index (Phi) is 3.69. The van der Waals surface area contributed by atoms with Crippen molar-refractivity contribution in [2.75, 3.05) is 6.54 Å². The number of aryl methyl sites for hydroxylation is 1. The molecule has 3 N–H and O–H groups in total. The topological polar surface area (TPSA) is 99.3 Å². The summed E-state index contributed by atoms with van der Waals surface area (Å²) in [6.45, 7) is 1.82. The number of carbonyl (C=O) groups excluding carboxylic acids is 2. The van der Waals surface area contributed by atoms with Crippen molar-refractivity contribution in [1.29, 1.82) is 0 Å². The van der Waals surface area contributed by atoms with Crippen LogP contribution >= 0.6 is 0 Å². The van der Waals surface area contributed by atoms with Crippen LogP contribution in [0.15, 0.2) is 0 Å². The van der Waals surface area contributed by atoms with Crippen molar-refractivity contribution in [2.24, 2.45) is 0 Å². The second-order valence-electron chi connectivity index (χ2n) is 4.65. The number of fused-ring (bicyclic) bond motifs is 1. The minimum Gasteiger partial charge on any atom is -0.481 e. The molecule has 0 fully saturated rings. The van der Waals surface area contributed by atoms with Crippen molar-refractivity contribution >= 4 is 17.7 Å². The third kappa shape index (κ3) is 2.67. The van der Waals surface area contributed by atoms with Gasteiger partial charge in [0, 0.05) is 24.2 Å². The van der Waals surface area contributed by atoms with Gasteiger partial charge in [0.25, 0.3) is 5.91 Å². The summed E-state index contributed by atoms with van der Waals surface area (Å²) in [5.41, 5.74) is 2.48. The highest BCUT2D eigenvalue weighted by molar-refractivity contribution is 6.04. The second kappa shape index (κ2) is 5.26. The van der Waals surface area contributed by atoms with Crippen LogP contribution < -0.4 is 5.32 Å². The molecule has 0 saturated heterocycles. The average molecular weight is 264 g/mol. The van der Waals surface area contributed by atoms with E-state index in [-0.39, 0.29) is 24.7 Å². The first-order valence-electron chi connectivity index (χ1n) is 6.25. The molecule has 0 aromatic carbocycles. The number of aromatic amines is 1. The molecule has 19 heavy (non-hydrogen) atoms. The molecule has 0 spiro atoms. The Balaban J connectivity index is 2.15. The number of hydrogen-bond donors (Lipinski definition) is 3. The molecule has 102 valence electrons. The molecular weight excluding hydrogens is 248 g/mol. The van der Waals surface area contributed by atoms with Crippen LogP contribution in [-0.4, -0.2) is 34.3 Å². The lowest BCUT2D eigenvalue weighted by Gasteiger charge is -2.09. The van der Waals surface area contributed by atoms with Gasteiger partial charge in [0.05, 0.1) is 6.42 Å². The molecule has 0 saturated carbocycles. The van der Waals surface area contributed by atoms with Crippen LogP contribution in [0.3, 0.4) is 0 Å². The number of aromatic nitrogens is 1. The van der Waals surface area contributed by atoms with Gasteiger partial charge in [0.1, 0.15) is 5.69 Å². The summed E-state index contributed by atoms with van der Waals surface area (Å²) in [4.78, 5) is 37.1. The Bertz CT molecular complexity index is 545. The molecule has 0 aliphatic heterocycles. The maximum Gasteiger partial charge on any atom is 0.305 e. The predicted molar refractivity (Wildman–Crippen MR) is 67.4 cm³/mol. The van der Waals surface area contributed by atoms with Gasteiger partial charge < -0.3 is 15.4 Å². The number of H-pyrrole nitrogens is 1. The number of amides is 1. The first-order valence-corrected chi connectivity index (χ1v) is 6.25. The highest BCUT2D eigenvalue weighted by Gasteiger charge is 2.26. The van der Waals surface area contributed by atoms with E-state index >= 15 is 0 Å². The van der Waals surface area contributed by atoms with E-state index in [1.807, 2.05) is 0 Å². The van der Waals surface area contributed by atoms with Gasteiger partial charge in [-0.25, -0.2) is 0 Å². The van der Waals surface area contributed by atoms with Gasteiger partial charge in [0.15, 0.2) is 5.78 Å². The van der Waals surface area contributed by atoms with Gasteiger partial charge in [-0.2, -0.15) is 0 Å². The highest BCUT2D eigenvalue weighted by atomic mass is 16.4. The fraction of sp³-hybridized carbons (Fsp3) is 0.462. The molecule has 6 heteroatoms.